The molecule has 0 aromatic carbocycles. The van der Waals surface area contributed by atoms with Crippen LogP contribution in [0, 0.1) is 11.8 Å². The first-order chi connectivity index (χ1) is 26.5. The second-order valence-electron chi connectivity index (χ2n) is 15.1. The number of hydrogen-bond donors (Lipinski definition) is 9. The summed E-state index contributed by atoms with van der Waals surface area (Å²) in [4.78, 5) is 93.4. The van der Waals surface area contributed by atoms with Crippen molar-refractivity contribution in [3.8, 4) is 0 Å². The molecule has 0 spiro atoms. The van der Waals surface area contributed by atoms with Crippen LogP contribution in [0.5, 0.6) is 0 Å². The fraction of sp³-hybridized carbons (Fsp3) is 0.795. The third-order valence-electron chi connectivity index (χ3n) is 9.44. The molecule has 0 bridgehead atoms. The van der Waals surface area contributed by atoms with Gasteiger partial charge >= 0.3 is 5.97 Å². The molecule has 0 aliphatic heterocycles. The number of unbranched alkanes of at least 4 members (excludes halogenated alkanes) is 11. The summed E-state index contributed by atoms with van der Waals surface area (Å²) in [5.74, 6) is -6.12. The summed E-state index contributed by atoms with van der Waals surface area (Å²) >= 11 is 0. The van der Waals surface area contributed by atoms with Crippen LogP contribution in [0.3, 0.4) is 0 Å². The molecule has 5 atom stereocenters. The van der Waals surface area contributed by atoms with Crippen LogP contribution in [-0.4, -0.2) is 89.7 Å². The van der Waals surface area contributed by atoms with E-state index in [9.17, 15) is 38.7 Å². The van der Waals surface area contributed by atoms with Crippen LogP contribution >= 0.6 is 0 Å². The van der Waals surface area contributed by atoms with Crippen molar-refractivity contribution in [3.63, 3.8) is 0 Å². The molecule has 6 amide bonds. The van der Waals surface area contributed by atoms with Gasteiger partial charge in [-0.25, -0.2) is 0 Å². The lowest BCUT2D eigenvalue weighted by Gasteiger charge is -2.29. The number of carbonyl (C=O) groups is 7. The van der Waals surface area contributed by atoms with E-state index >= 15 is 0 Å². The Morgan fingerprint density at radius 2 is 1.16 bits per heavy atom. The number of guanidine groups is 1. The van der Waals surface area contributed by atoms with E-state index in [1.807, 2.05) is 13.8 Å². The van der Waals surface area contributed by atoms with E-state index in [-0.39, 0.29) is 37.7 Å². The summed E-state index contributed by atoms with van der Waals surface area (Å²) in [6.45, 7) is 9.12. The van der Waals surface area contributed by atoms with Gasteiger partial charge in [-0.15, -0.1) is 0 Å². The highest BCUT2D eigenvalue weighted by Gasteiger charge is 2.34. The third kappa shape index (κ3) is 25.6. The minimum absolute atomic E-state index is 0.0908. The SMILES string of the molecule is CCCCCCCCCCCCCCC(=O)N[C@@H](CC(=O)O)C(=O)N[C@H](C(=O)N[C@@H](CC(C)C)C(=O)N[C@@H](CCCN=C(N)N)C(=O)NCC(N)=O)[C@@H](C)CC. The quantitative estimate of drug-likeness (QED) is 0.0265. The summed E-state index contributed by atoms with van der Waals surface area (Å²) in [6.07, 6.45) is 14.0. The Hall–Kier alpha value is -4.44. The minimum Gasteiger partial charge on any atom is -0.481 e. The summed E-state index contributed by atoms with van der Waals surface area (Å²) in [6, 6.07) is -4.87. The summed E-state index contributed by atoms with van der Waals surface area (Å²) < 4.78 is 0. The summed E-state index contributed by atoms with van der Waals surface area (Å²) in [5.41, 5.74) is 15.9. The largest absolute Gasteiger partial charge is 0.481 e. The van der Waals surface area contributed by atoms with E-state index in [0.717, 1.165) is 25.7 Å². The number of carboxylic acids is 1. The van der Waals surface area contributed by atoms with E-state index in [4.69, 9.17) is 17.2 Å². The molecule has 56 heavy (non-hydrogen) atoms. The highest BCUT2D eigenvalue weighted by molar-refractivity contribution is 5.96. The monoisotopic (exact) mass is 796 g/mol. The predicted molar refractivity (Wildman–Crippen MR) is 217 cm³/mol. The second kappa shape index (κ2) is 30.7. The first kappa shape index (κ1) is 51.6. The number of amides is 6. The van der Waals surface area contributed by atoms with Gasteiger partial charge in [-0.2, -0.15) is 0 Å². The molecule has 322 valence electrons. The van der Waals surface area contributed by atoms with Gasteiger partial charge in [-0.3, -0.25) is 38.6 Å². The molecule has 0 aliphatic carbocycles. The lowest BCUT2D eigenvalue weighted by atomic mass is 9.96. The molecule has 0 aromatic heterocycles. The number of carbonyl (C=O) groups excluding carboxylic acids is 6. The van der Waals surface area contributed by atoms with Crippen molar-refractivity contribution >= 4 is 47.4 Å². The number of hydrogen-bond acceptors (Lipinski definition) is 8. The average Bonchev–Trinajstić information content (AvgIpc) is 3.12. The van der Waals surface area contributed by atoms with Crippen molar-refractivity contribution in [2.45, 2.75) is 174 Å². The first-order valence-electron chi connectivity index (χ1n) is 20.6. The van der Waals surface area contributed by atoms with E-state index in [0.29, 0.717) is 19.3 Å². The molecule has 0 rings (SSSR count). The van der Waals surface area contributed by atoms with Crippen LogP contribution in [0.25, 0.3) is 0 Å². The fourth-order valence-corrected chi connectivity index (χ4v) is 6.04. The van der Waals surface area contributed by atoms with Crippen molar-refractivity contribution in [1.29, 1.82) is 0 Å². The van der Waals surface area contributed by atoms with Gasteiger partial charge in [-0.1, -0.05) is 112 Å². The van der Waals surface area contributed by atoms with Crippen molar-refractivity contribution in [2.75, 3.05) is 13.1 Å². The van der Waals surface area contributed by atoms with Crippen LogP contribution in [0.15, 0.2) is 4.99 Å². The normalized spacial score (nSPS) is 13.7. The van der Waals surface area contributed by atoms with Gasteiger partial charge in [0.2, 0.25) is 35.4 Å². The van der Waals surface area contributed by atoms with E-state index in [1.165, 1.54) is 44.9 Å². The van der Waals surface area contributed by atoms with E-state index in [2.05, 4.69) is 38.5 Å². The van der Waals surface area contributed by atoms with Crippen molar-refractivity contribution < 1.29 is 38.7 Å². The zero-order chi connectivity index (χ0) is 42.5. The molecular weight excluding hydrogens is 722 g/mol. The highest BCUT2D eigenvalue weighted by atomic mass is 16.4. The maximum absolute atomic E-state index is 13.8. The number of aliphatic carboxylic acids is 1. The minimum atomic E-state index is -1.43. The van der Waals surface area contributed by atoms with Crippen LogP contribution in [0.4, 0.5) is 0 Å². The molecule has 0 radical (unpaired) electrons. The Morgan fingerprint density at radius 1 is 0.625 bits per heavy atom. The van der Waals surface area contributed by atoms with Crippen LogP contribution in [0.1, 0.15) is 150 Å². The number of aliphatic imine (C=N–C) groups is 1. The van der Waals surface area contributed by atoms with Crippen LogP contribution in [-0.2, 0) is 33.6 Å². The molecular formula is C39H73N9O8. The summed E-state index contributed by atoms with van der Waals surface area (Å²) in [5, 5.41) is 22.4. The first-order valence-corrected chi connectivity index (χ1v) is 20.6. The zero-order valence-electron chi connectivity index (χ0n) is 34.6. The molecule has 17 nitrogen and oxygen atoms in total. The molecule has 0 saturated carbocycles. The van der Waals surface area contributed by atoms with Gasteiger partial charge in [0.15, 0.2) is 5.96 Å². The Kier molecular flexibility index (Phi) is 28.3. The Bertz CT molecular complexity index is 1240. The van der Waals surface area contributed by atoms with Crippen LogP contribution in [0.2, 0.25) is 0 Å². The number of nitrogens with zero attached hydrogens (tertiary/aromatic N) is 1. The molecule has 0 aromatic rings. The Balaban J connectivity index is 5.57. The zero-order valence-corrected chi connectivity index (χ0v) is 34.6. The van der Waals surface area contributed by atoms with Gasteiger partial charge < -0.3 is 48.9 Å². The number of rotatable bonds is 33. The highest BCUT2D eigenvalue weighted by Crippen LogP contribution is 2.14. The lowest BCUT2D eigenvalue weighted by molar-refractivity contribution is -0.141. The number of primary amides is 1. The summed E-state index contributed by atoms with van der Waals surface area (Å²) in [7, 11) is 0. The van der Waals surface area contributed by atoms with Gasteiger partial charge in [0.1, 0.15) is 24.2 Å². The van der Waals surface area contributed by atoms with Crippen molar-refractivity contribution in [3.05, 3.63) is 0 Å². The van der Waals surface area contributed by atoms with E-state index in [1.54, 1.807) is 13.8 Å². The molecule has 12 N–H and O–H groups in total. The average molecular weight is 796 g/mol. The molecule has 0 unspecified atom stereocenters. The number of nitrogens with two attached hydrogens (primary N) is 3. The standard InChI is InChI=1S/C39H73N9O8/c1-6-8-9-10-11-12-13-14-15-16-17-18-21-32(50)45-30(24-33(51)52)37(55)48-34(27(5)7-2)38(56)47-29(23-26(3)4)36(54)46-28(20-19-22-43-39(41)42)35(53)44-25-31(40)49/h26-30,34H,6-25H2,1-5H3,(H2,40,49)(H,44,53)(H,45,50)(H,46,54)(H,47,56)(H,48,55)(H,51,52)(H4,41,42,43)/t27-,28-,29-,30-,34-/m0/s1. The third-order valence-corrected chi connectivity index (χ3v) is 9.44. The molecule has 0 aliphatic rings. The van der Waals surface area contributed by atoms with E-state index < -0.39 is 84.5 Å². The molecule has 0 saturated heterocycles. The number of carboxylic acid groups (broad SMARTS) is 1. The van der Waals surface area contributed by atoms with Gasteiger partial charge in [0.05, 0.1) is 13.0 Å². The maximum Gasteiger partial charge on any atom is 0.305 e. The topological polar surface area (TPSA) is 290 Å². The van der Waals surface area contributed by atoms with Crippen molar-refractivity contribution in [2.24, 2.45) is 34.0 Å². The van der Waals surface area contributed by atoms with Gasteiger partial charge in [-0.05, 0) is 37.5 Å². The smallest absolute Gasteiger partial charge is 0.305 e. The van der Waals surface area contributed by atoms with Gasteiger partial charge in [0, 0.05) is 13.0 Å². The Labute approximate surface area is 333 Å². The second-order valence-corrected chi connectivity index (χ2v) is 15.1. The molecule has 17 heteroatoms. The lowest BCUT2D eigenvalue weighted by Crippen LogP contribution is -2.60. The Morgan fingerprint density at radius 3 is 1.66 bits per heavy atom. The fourth-order valence-electron chi connectivity index (χ4n) is 6.04. The van der Waals surface area contributed by atoms with Crippen LogP contribution < -0.4 is 43.8 Å². The number of nitrogens with one attached hydrogen (secondary N) is 5. The van der Waals surface area contributed by atoms with Gasteiger partial charge in [0.25, 0.3) is 0 Å². The molecule has 0 fully saturated rings. The molecule has 0 heterocycles. The maximum atomic E-state index is 13.8. The van der Waals surface area contributed by atoms with Crippen molar-refractivity contribution in [1.82, 2.24) is 26.6 Å². The predicted octanol–water partition coefficient (Wildman–Crippen LogP) is 2.24.